The summed E-state index contributed by atoms with van der Waals surface area (Å²) in [5.74, 6) is 1.42. The Labute approximate surface area is 150 Å². The van der Waals surface area contributed by atoms with Gasteiger partial charge in [0.1, 0.15) is 12.1 Å². The highest BCUT2D eigenvalue weighted by atomic mass is 15.3. The molecular formula is C18H20N8. The molecule has 0 aromatic carbocycles. The Balaban J connectivity index is 1.79. The predicted octanol–water partition coefficient (Wildman–Crippen LogP) is 3.35. The molecule has 4 aromatic heterocycles. The molecule has 0 saturated carbocycles. The number of aromatic nitrogens is 7. The van der Waals surface area contributed by atoms with Gasteiger partial charge in [0.05, 0.1) is 28.7 Å². The van der Waals surface area contributed by atoms with Crippen LogP contribution in [0.2, 0.25) is 0 Å². The topological polar surface area (TPSA) is 86.3 Å². The van der Waals surface area contributed by atoms with E-state index < -0.39 is 0 Å². The largest absolute Gasteiger partial charge is 0.337 e. The van der Waals surface area contributed by atoms with E-state index in [4.69, 9.17) is 0 Å². The van der Waals surface area contributed by atoms with Crippen molar-refractivity contribution in [2.75, 3.05) is 5.32 Å². The monoisotopic (exact) mass is 348 g/mol. The van der Waals surface area contributed by atoms with E-state index in [1.54, 1.807) is 17.1 Å². The second-order valence-electron chi connectivity index (χ2n) is 6.41. The molecule has 0 bridgehead atoms. The van der Waals surface area contributed by atoms with Gasteiger partial charge in [-0.1, -0.05) is 6.07 Å². The molecule has 0 atom stereocenters. The van der Waals surface area contributed by atoms with Crippen LogP contribution in [0.1, 0.15) is 31.3 Å². The number of nitrogens with zero attached hydrogens (tertiary/aromatic N) is 7. The van der Waals surface area contributed by atoms with Crippen molar-refractivity contribution in [2.24, 2.45) is 0 Å². The van der Waals surface area contributed by atoms with Crippen LogP contribution in [0.3, 0.4) is 0 Å². The fourth-order valence-corrected chi connectivity index (χ4v) is 3.06. The van der Waals surface area contributed by atoms with Crippen molar-refractivity contribution in [3.63, 3.8) is 0 Å². The van der Waals surface area contributed by atoms with Gasteiger partial charge in [-0.3, -0.25) is 4.68 Å². The molecule has 4 aromatic rings. The lowest BCUT2D eigenvalue weighted by molar-refractivity contribution is 0.516. The Morgan fingerprint density at radius 1 is 1.08 bits per heavy atom. The zero-order valence-electron chi connectivity index (χ0n) is 15.2. The summed E-state index contributed by atoms with van der Waals surface area (Å²) in [4.78, 5) is 13.1. The summed E-state index contributed by atoms with van der Waals surface area (Å²) >= 11 is 0. The van der Waals surface area contributed by atoms with Crippen LogP contribution in [0.15, 0.2) is 36.9 Å². The van der Waals surface area contributed by atoms with Gasteiger partial charge in [0, 0.05) is 12.2 Å². The average molecular weight is 348 g/mol. The van der Waals surface area contributed by atoms with E-state index in [0.717, 1.165) is 22.5 Å². The minimum Gasteiger partial charge on any atom is -0.337 e. The summed E-state index contributed by atoms with van der Waals surface area (Å²) in [5.41, 5.74) is 3.67. The van der Waals surface area contributed by atoms with Gasteiger partial charge in [-0.25, -0.2) is 15.0 Å². The number of aryl methyl sites for hydroxylation is 1. The number of anilines is 2. The van der Waals surface area contributed by atoms with E-state index in [1.165, 1.54) is 6.33 Å². The summed E-state index contributed by atoms with van der Waals surface area (Å²) < 4.78 is 3.72. The highest BCUT2D eigenvalue weighted by Gasteiger charge is 2.17. The van der Waals surface area contributed by atoms with Crippen molar-refractivity contribution in [1.82, 2.24) is 34.5 Å². The van der Waals surface area contributed by atoms with Crippen molar-refractivity contribution in [3.8, 4) is 5.82 Å². The van der Waals surface area contributed by atoms with Crippen molar-refractivity contribution >= 4 is 22.5 Å². The molecule has 26 heavy (non-hydrogen) atoms. The predicted molar refractivity (Wildman–Crippen MR) is 99.8 cm³/mol. The zero-order valence-corrected chi connectivity index (χ0v) is 15.2. The molecule has 132 valence electrons. The first-order valence-electron chi connectivity index (χ1n) is 8.49. The zero-order chi connectivity index (χ0) is 18.3. The van der Waals surface area contributed by atoms with Crippen LogP contribution >= 0.6 is 0 Å². The van der Waals surface area contributed by atoms with Crippen LogP contribution in [-0.2, 0) is 0 Å². The van der Waals surface area contributed by atoms with Crippen LogP contribution in [0.5, 0.6) is 0 Å². The van der Waals surface area contributed by atoms with Crippen LogP contribution in [0.4, 0.5) is 11.5 Å². The lowest BCUT2D eigenvalue weighted by Crippen LogP contribution is -2.05. The number of hydrogen-bond donors (Lipinski definition) is 1. The van der Waals surface area contributed by atoms with Crippen LogP contribution in [-0.4, -0.2) is 34.5 Å². The van der Waals surface area contributed by atoms with E-state index in [1.807, 2.05) is 29.8 Å². The third-order valence-electron chi connectivity index (χ3n) is 4.29. The summed E-state index contributed by atoms with van der Waals surface area (Å²) in [6.07, 6.45) is 5.02. The summed E-state index contributed by atoms with van der Waals surface area (Å²) in [7, 11) is 0. The first-order valence-corrected chi connectivity index (χ1v) is 8.49. The fraction of sp³-hybridized carbons (Fsp3) is 0.278. The summed E-state index contributed by atoms with van der Waals surface area (Å²) in [5, 5.41) is 13.3. The normalized spacial score (nSPS) is 11.4. The van der Waals surface area contributed by atoms with Gasteiger partial charge in [0.25, 0.3) is 0 Å². The van der Waals surface area contributed by atoms with Crippen LogP contribution in [0.25, 0.3) is 16.9 Å². The maximum atomic E-state index is 4.62. The van der Waals surface area contributed by atoms with Gasteiger partial charge in [0.2, 0.25) is 0 Å². The van der Waals surface area contributed by atoms with E-state index in [0.29, 0.717) is 23.3 Å². The van der Waals surface area contributed by atoms with Gasteiger partial charge in [-0.2, -0.15) is 14.9 Å². The van der Waals surface area contributed by atoms with Gasteiger partial charge >= 0.3 is 0 Å². The van der Waals surface area contributed by atoms with E-state index in [2.05, 4.69) is 51.2 Å². The fourth-order valence-electron chi connectivity index (χ4n) is 3.06. The molecule has 0 radical (unpaired) electrons. The molecule has 0 amide bonds. The molecule has 8 nitrogen and oxygen atoms in total. The maximum Gasteiger partial charge on any atom is 0.170 e. The first kappa shape index (κ1) is 16.2. The Kier molecular flexibility index (Phi) is 3.87. The van der Waals surface area contributed by atoms with Crippen molar-refractivity contribution in [3.05, 3.63) is 48.3 Å². The summed E-state index contributed by atoms with van der Waals surface area (Å²) in [6, 6.07) is 5.97. The average Bonchev–Trinajstić information content (AvgIpc) is 3.19. The minimum atomic E-state index is 0.293. The van der Waals surface area contributed by atoms with E-state index in [9.17, 15) is 0 Å². The quantitative estimate of drug-likeness (QED) is 0.609. The van der Waals surface area contributed by atoms with Gasteiger partial charge in [-0.05, 0) is 39.8 Å². The third-order valence-corrected chi connectivity index (χ3v) is 4.29. The van der Waals surface area contributed by atoms with E-state index >= 15 is 0 Å². The SMILES string of the molecule is Cc1nn(C(C)C)c(C)c1Nc1ncnc2c1cnn2-c1ccccn1. The number of rotatable bonds is 4. The van der Waals surface area contributed by atoms with Crippen molar-refractivity contribution in [1.29, 1.82) is 0 Å². The molecule has 0 spiro atoms. The van der Waals surface area contributed by atoms with E-state index in [-0.39, 0.29) is 0 Å². The maximum absolute atomic E-state index is 4.62. The van der Waals surface area contributed by atoms with Crippen LogP contribution < -0.4 is 5.32 Å². The number of pyridine rings is 1. The molecule has 0 aliphatic carbocycles. The van der Waals surface area contributed by atoms with Crippen molar-refractivity contribution in [2.45, 2.75) is 33.7 Å². The third kappa shape index (κ3) is 2.59. The van der Waals surface area contributed by atoms with Gasteiger partial charge in [0.15, 0.2) is 11.5 Å². The molecule has 4 rings (SSSR count). The molecule has 0 saturated heterocycles. The lowest BCUT2D eigenvalue weighted by atomic mass is 10.3. The van der Waals surface area contributed by atoms with Gasteiger partial charge < -0.3 is 5.32 Å². The smallest absolute Gasteiger partial charge is 0.170 e. The number of fused-ring (bicyclic) bond motifs is 1. The van der Waals surface area contributed by atoms with Gasteiger partial charge in [-0.15, -0.1) is 0 Å². The standard InChI is InChI=1S/C18H20N8/c1-11(2)25-13(4)16(12(3)24-25)23-17-14-9-22-26(18(14)21-10-20-17)15-7-5-6-8-19-15/h5-11H,1-4H3,(H,20,21,23). The molecule has 8 heteroatoms. The Hall–Kier alpha value is -3.29. The lowest BCUT2D eigenvalue weighted by Gasteiger charge is -2.10. The van der Waals surface area contributed by atoms with Crippen LogP contribution in [0, 0.1) is 13.8 Å². The number of nitrogens with one attached hydrogen (secondary N) is 1. The second kappa shape index (κ2) is 6.21. The highest BCUT2D eigenvalue weighted by Crippen LogP contribution is 2.28. The Morgan fingerprint density at radius 2 is 1.92 bits per heavy atom. The molecule has 4 heterocycles. The summed E-state index contributed by atoms with van der Waals surface area (Å²) in [6.45, 7) is 8.27. The first-order chi connectivity index (χ1) is 12.6. The number of hydrogen-bond acceptors (Lipinski definition) is 6. The molecule has 1 N–H and O–H groups in total. The Bertz CT molecular complexity index is 1060. The molecule has 0 unspecified atom stereocenters. The highest BCUT2D eigenvalue weighted by molar-refractivity contribution is 5.89. The van der Waals surface area contributed by atoms with Crippen molar-refractivity contribution < 1.29 is 0 Å². The minimum absolute atomic E-state index is 0.293. The molecule has 0 aliphatic heterocycles. The molecule has 0 aliphatic rings. The molecule has 0 fully saturated rings. The Morgan fingerprint density at radius 3 is 2.62 bits per heavy atom. The second-order valence-corrected chi connectivity index (χ2v) is 6.41. The molecular weight excluding hydrogens is 328 g/mol.